The average molecular weight is 511 g/mol. The van der Waals surface area contributed by atoms with E-state index >= 15 is 0 Å². The van der Waals surface area contributed by atoms with Gasteiger partial charge < -0.3 is 4.74 Å². The van der Waals surface area contributed by atoms with E-state index in [4.69, 9.17) is 4.74 Å². The lowest BCUT2D eigenvalue weighted by Crippen LogP contribution is -2.37. The lowest BCUT2D eigenvalue weighted by Gasteiger charge is -2.32. The maximum Gasteiger partial charge on any atom is 0.400 e. The second kappa shape index (κ2) is 10.9. The molecule has 2 saturated carbocycles. The minimum absolute atomic E-state index is 0.245. The predicted molar refractivity (Wildman–Crippen MR) is 128 cm³/mol. The van der Waals surface area contributed by atoms with Crippen molar-refractivity contribution in [3.8, 4) is 16.9 Å². The topological polar surface area (TPSA) is 9.23 Å². The summed E-state index contributed by atoms with van der Waals surface area (Å²) < 4.78 is 91.6. The number of alkyl halides is 2. The maximum atomic E-state index is 14.9. The van der Waals surface area contributed by atoms with Gasteiger partial charge in [0.2, 0.25) is 0 Å². The molecule has 7 heteroatoms. The van der Waals surface area contributed by atoms with E-state index in [1.54, 1.807) is 0 Å². The molecule has 196 valence electrons. The van der Waals surface area contributed by atoms with Crippen molar-refractivity contribution in [2.75, 3.05) is 0 Å². The van der Waals surface area contributed by atoms with Crippen molar-refractivity contribution in [1.82, 2.24) is 0 Å². The van der Waals surface area contributed by atoms with Crippen LogP contribution in [0.3, 0.4) is 0 Å². The van der Waals surface area contributed by atoms with Crippen molar-refractivity contribution >= 4 is 0 Å². The van der Waals surface area contributed by atoms with Gasteiger partial charge in [-0.1, -0.05) is 31.9 Å². The van der Waals surface area contributed by atoms with Crippen LogP contribution >= 0.6 is 0 Å². The smallest absolute Gasteiger partial charge is 0.400 e. The minimum atomic E-state index is -3.60. The molecule has 0 unspecified atom stereocenters. The highest BCUT2D eigenvalue weighted by Gasteiger charge is 2.44. The van der Waals surface area contributed by atoms with Crippen LogP contribution in [0.5, 0.6) is 5.75 Å². The van der Waals surface area contributed by atoms with Crippen LogP contribution in [0, 0.1) is 53.9 Å². The quantitative estimate of drug-likeness (QED) is 0.278. The summed E-state index contributed by atoms with van der Waals surface area (Å²) in [6, 6.07) is 2.86. The Morgan fingerprint density at radius 1 is 0.722 bits per heavy atom. The van der Waals surface area contributed by atoms with E-state index in [9.17, 15) is 26.3 Å². The molecule has 0 atom stereocenters. The number of allylic oxidation sites excluding steroid dienone is 2. The van der Waals surface area contributed by atoms with Crippen LogP contribution in [-0.4, -0.2) is 6.11 Å². The van der Waals surface area contributed by atoms with Crippen molar-refractivity contribution in [1.29, 1.82) is 0 Å². The molecule has 4 rings (SSSR count). The first kappa shape index (κ1) is 26.6. The van der Waals surface area contributed by atoms with Gasteiger partial charge in [-0.05, 0) is 80.9 Å². The number of ether oxygens (including phenoxy) is 1. The normalized spacial score (nSPS) is 25.3. The SMILES string of the molecule is Cc1c(F)cc(-c2c(F)cc(OC(F)(F)C3CCC(/C=C/C4CCC(C)CC4)CC3)cc2F)cc1F. The summed E-state index contributed by atoms with van der Waals surface area (Å²) in [5, 5.41) is 0. The predicted octanol–water partition coefficient (Wildman–Crippen LogP) is 9.38. The third kappa shape index (κ3) is 6.09. The van der Waals surface area contributed by atoms with Crippen molar-refractivity contribution in [3.05, 3.63) is 65.2 Å². The zero-order chi connectivity index (χ0) is 26.0. The molecular weight excluding hydrogens is 478 g/mol. The molecule has 2 aromatic carbocycles. The van der Waals surface area contributed by atoms with Gasteiger partial charge in [0.05, 0.1) is 11.5 Å². The average Bonchev–Trinajstić information content (AvgIpc) is 2.81. The Morgan fingerprint density at radius 3 is 1.69 bits per heavy atom. The zero-order valence-corrected chi connectivity index (χ0v) is 20.6. The van der Waals surface area contributed by atoms with Gasteiger partial charge in [-0.15, -0.1) is 0 Å². The lowest BCUT2D eigenvalue weighted by molar-refractivity contribution is -0.223. The number of benzene rings is 2. The van der Waals surface area contributed by atoms with E-state index in [1.165, 1.54) is 32.6 Å². The molecule has 0 radical (unpaired) electrons. The van der Waals surface area contributed by atoms with Crippen LogP contribution < -0.4 is 4.74 Å². The summed E-state index contributed by atoms with van der Waals surface area (Å²) in [7, 11) is 0. The van der Waals surface area contributed by atoms with Crippen molar-refractivity contribution < 1.29 is 31.1 Å². The molecule has 2 aliphatic carbocycles. The van der Waals surface area contributed by atoms with Gasteiger partial charge >= 0.3 is 6.11 Å². The largest absolute Gasteiger partial charge is 0.432 e. The van der Waals surface area contributed by atoms with Gasteiger partial charge in [0.15, 0.2) is 0 Å². The van der Waals surface area contributed by atoms with Gasteiger partial charge in [0.25, 0.3) is 0 Å². The standard InChI is InChI=1S/C29H32F6O/c1-17-3-5-19(6-4-17)7-8-20-9-11-22(12-10-20)29(34,35)36-23-15-26(32)28(27(33)16-23)21-13-24(30)18(2)25(31)14-21/h7-8,13-17,19-20,22H,3-6,9-12H2,1-2H3/b8-7+. The van der Waals surface area contributed by atoms with Crippen LogP contribution in [-0.2, 0) is 0 Å². The Hall–Kier alpha value is -2.44. The van der Waals surface area contributed by atoms with Crippen LogP contribution in [0.1, 0.15) is 63.9 Å². The Labute approximate surface area is 208 Å². The van der Waals surface area contributed by atoms with Gasteiger partial charge in [-0.2, -0.15) is 8.78 Å². The summed E-state index contributed by atoms with van der Waals surface area (Å²) in [4.78, 5) is 0. The summed E-state index contributed by atoms with van der Waals surface area (Å²) >= 11 is 0. The van der Waals surface area contributed by atoms with Crippen LogP contribution in [0.15, 0.2) is 36.4 Å². The van der Waals surface area contributed by atoms with Crippen LogP contribution in [0.4, 0.5) is 26.3 Å². The van der Waals surface area contributed by atoms with Crippen molar-refractivity contribution in [3.63, 3.8) is 0 Å². The Balaban J connectivity index is 1.39. The highest BCUT2D eigenvalue weighted by molar-refractivity contribution is 5.66. The fourth-order valence-electron chi connectivity index (χ4n) is 5.35. The molecule has 0 amide bonds. The van der Waals surface area contributed by atoms with Gasteiger partial charge in [-0.25, -0.2) is 17.6 Å². The van der Waals surface area contributed by atoms with Crippen molar-refractivity contribution in [2.24, 2.45) is 23.7 Å². The van der Waals surface area contributed by atoms with Gasteiger partial charge in [0, 0.05) is 17.7 Å². The highest BCUT2D eigenvalue weighted by atomic mass is 19.3. The Bertz CT molecular complexity index is 1050. The first-order chi connectivity index (χ1) is 17.0. The van der Waals surface area contributed by atoms with Crippen molar-refractivity contribution in [2.45, 2.75) is 71.3 Å². The number of rotatable bonds is 6. The molecular formula is C29H32F6O. The Kier molecular flexibility index (Phi) is 8.06. The zero-order valence-electron chi connectivity index (χ0n) is 20.6. The molecule has 2 fully saturated rings. The molecule has 0 aromatic heterocycles. The maximum absolute atomic E-state index is 14.9. The fourth-order valence-corrected chi connectivity index (χ4v) is 5.35. The molecule has 0 aliphatic heterocycles. The minimum Gasteiger partial charge on any atom is -0.432 e. The highest BCUT2D eigenvalue weighted by Crippen LogP contribution is 2.42. The molecule has 0 heterocycles. The Morgan fingerprint density at radius 2 is 1.19 bits per heavy atom. The molecule has 36 heavy (non-hydrogen) atoms. The second-order valence-corrected chi connectivity index (χ2v) is 10.5. The van der Waals surface area contributed by atoms with E-state index in [-0.39, 0.29) is 29.9 Å². The molecule has 0 saturated heterocycles. The number of hydrogen-bond donors (Lipinski definition) is 0. The molecule has 2 aromatic rings. The second-order valence-electron chi connectivity index (χ2n) is 10.5. The monoisotopic (exact) mass is 510 g/mol. The third-order valence-electron chi connectivity index (χ3n) is 7.80. The summed E-state index contributed by atoms with van der Waals surface area (Å²) in [6.45, 7) is 3.47. The van der Waals surface area contributed by atoms with E-state index in [1.807, 2.05) is 0 Å². The molecule has 0 spiro atoms. The molecule has 2 aliphatic rings. The van der Waals surface area contributed by atoms with E-state index in [2.05, 4.69) is 19.1 Å². The van der Waals surface area contributed by atoms with E-state index in [0.717, 1.165) is 18.1 Å². The molecule has 1 nitrogen and oxygen atoms in total. The first-order valence-corrected chi connectivity index (χ1v) is 12.7. The summed E-state index contributed by atoms with van der Waals surface area (Å²) in [5.41, 5.74) is -1.35. The van der Waals surface area contributed by atoms with Crippen LogP contribution in [0.2, 0.25) is 0 Å². The molecule has 0 bridgehead atoms. The van der Waals surface area contributed by atoms with E-state index < -0.39 is 46.6 Å². The number of halogens is 6. The van der Waals surface area contributed by atoms with E-state index in [0.29, 0.717) is 30.9 Å². The lowest BCUT2D eigenvalue weighted by atomic mass is 9.79. The summed E-state index contributed by atoms with van der Waals surface area (Å²) in [6.07, 6.45) is 7.35. The fraction of sp³-hybridized carbons (Fsp3) is 0.517. The van der Waals surface area contributed by atoms with Gasteiger partial charge in [0.1, 0.15) is 29.0 Å². The van der Waals surface area contributed by atoms with Crippen LogP contribution in [0.25, 0.3) is 11.1 Å². The number of hydrogen-bond acceptors (Lipinski definition) is 1. The first-order valence-electron chi connectivity index (χ1n) is 12.7. The summed E-state index contributed by atoms with van der Waals surface area (Å²) in [5.74, 6) is -4.54. The van der Waals surface area contributed by atoms with Gasteiger partial charge in [-0.3, -0.25) is 0 Å². The molecule has 0 N–H and O–H groups in total. The third-order valence-corrected chi connectivity index (χ3v) is 7.80.